The Labute approximate surface area is 120 Å². The van der Waals surface area contributed by atoms with Crippen LogP contribution in [-0.2, 0) is 11.3 Å². The lowest BCUT2D eigenvalue weighted by Crippen LogP contribution is -2.33. The molecule has 1 N–H and O–H groups in total. The lowest BCUT2D eigenvalue weighted by molar-refractivity contribution is 0.181. The van der Waals surface area contributed by atoms with Crippen molar-refractivity contribution in [1.82, 2.24) is 20.0 Å². The minimum absolute atomic E-state index is 0.182. The fourth-order valence-electron chi connectivity index (χ4n) is 2.01. The summed E-state index contributed by atoms with van der Waals surface area (Å²) >= 11 is 6.30. The van der Waals surface area contributed by atoms with Gasteiger partial charge in [0.05, 0.1) is 36.1 Å². The Morgan fingerprint density at radius 1 is 1.53 bits per heavy atom. The van der Waals surface area contributed by atoms with E-state index < -0.39 is 0 Å². The summed E-state index contributed by atoms with van der Waals surface area (Å²) in [6.45, 7) is 5.36. The monoisotopic (exact) mass is 288 g/mol. The lowest BCUT2D eigenvalue weighted by atomic mass is 10.2. The van der Waals surface area contributed by atoms with Gasteiger partial charge < -0.3 is 15.0 Å². The van der Waals surface area contributed by atoms with Gasteiger partial charge in [0, 0.05) is 13.7 Å². The zero-order chi connectivity index (χ0) is 14.3. The number of halogens is 1. The van der Waals surface area contributed by atoms with Gasteiger partial charge >= 0.3 is 0 Å². The van der Waals surface area contributed by atoms with Crippen LogP contribution in [0.1, 0.15) is 25.1 Å². The maximum Gasteiger partial charge on any atom is 0.0834 e. The summed E-state index contributed by atoms with van der Waals surface area (Å²) in [6, 6.07) is 0.182. The molecule has 6 heteroatoms. The third-order valence-corrected chi connectivity index (χ3v) is 3.15. The Hall–Kier alpha value is -0.620. The number of rotatable bonds is 9. The van der Waals surface area contributed by atoms with Crippen LogP contribution < -0.4 is 5.32 Å². The van der Waals surface area contributed by atoms with Crippen molar-refractivity contribution in [2.75, 3.05) is 40.9 Å². The van der Waals surface area contributed by atoms with Crippen LogP contribution in [0.2, 0.25) is 5.02 Å². The maximum atomic E-state index is 6.30. The number of ether oxygens (including phenoxy) is 1. The first kappa shape index (κ1) is 16.4. The Bertz CT molecular complexity index is 368. The molecule has 5 nitrogen and oxygen atoms in total. The number of hydrogen-bond donors (Lipinski definition) is 1. The molecule has 0 aromatic carbocycles. The fourth-order valence-corrected chi connectivity index (χ4v) is 2.28. The van der Waals surface area contributed by atoms with Crippen molar-refractivity contribution in [1.29, 1.82) is 0 Å². The van der Waals surface area contributed by atoms with E-state index in [0.29, 0.717) is 11.6 Å². The number of likely N-dealkylation sites (N-methyl/N-ethyl adjacent to an activating group) is 1. The Balaban J connectivity index is 2.88. The van der Waals surface area contributed by atoms with Gasteiger partial charge in [0.15, 0.2) is 0 Å². The summed E-state index contributed by atoms with van der Waals surface area (Å²) in [6.07, 6.45) is 2.80. The van der Waals surface area contributed by atoms with Crippen LogP contribution in [0.3, 0.4) is 0 Å². The van der Waals surface area contributed by atoms with Crippen LogP contribution >= 0.6 is 11.6 Å². The van der Waals surface area contributed by atoms with Gasteiger partial charge in [-0.15, -0.1) is 0 Å². The highest BCUT2D eigenvalue weighted by Gasteiger charge is 2.20. The van der Waals surface area contributed by atoms with E-state index in [0.717, 1.165) is 31.7 Å². The zero-order valence-electron chi connectivity index (χ0n) is 12.3. The quantitative estimate of drug-likeness (QED) is 0.752. The first-order valence-electron chi connectivity index (χ1n) is 6.68. The smallest absolute Gasteiger partial charge is 0.0834 e. The standard InChI is InChI=1S/C13H25ClN4O/c1-5-6-15-12(10-17(2)3)13-11(14)9-16-18(13)7-8-19-4/h9,12,15H,5-8,10H2,1-4H3. The highest BCUT2D eigenvalue weighted by Crippen LogP contribution is 2.23. The molecule has 0 saturated carbocycles. The number of nitrogens with one attached hydrogen (secondary N) is 1. The Morgan fingerprint density at radius 3 is 2.84 bits per heavy atom. The van der Waals surface area contributed by atoms with Crippen molar-refractivity contribution in [3.8, 4) is 0 Å². The van der Waals surface area contributed by atoms with E-state index in [2.05, 4.69) is 36.3 Å². The molecular weight excluding hydrogens is 264 g/mol. The molecule has 1 atom stereocenters. The van der Waals surface area contributed by atoms with Crippen LogP contribution in [0, 0.1) is 0 Å². The number of hydrogen-bond acceptors (Lipinski definition) is 4. The summed E-state index contributed by atoms with van der Waals surface area (Å²) in [5, 5.41) is 8.58. The van der Waals surface area contributed by atoms with E-state index in [4.69, 9.17) is 16.3 Å². The number of methoxy groups -OCH3 is 1. The molecule has 0 radical (unpaired) electrons. The Morgan fingerprint density at radius 2 is 2.26 bits per heavy atom. The molecular formula is C13H25ClN4O. The average molecular weight is 289 g/mol. The summed E-state index contributed by atoms with van der Waals surface area (Å²) in [5.41, 5.74) is 1.04. The molecule has 1 heterocycles. The molecule has 0 aliphatic rings. The van der Waals surface area contributed by atoms with Gasteiger partial charge in [-0.2, -0.15) is 5.10 Å². The van der Waals surface area contributed by atoms with E-state index in [1.807, 2.05) is 4.68 Å². The number of nitrogens with zero attached hydrogens (tertiary/aromatic N) is 3. The molecule has 0 amide bonds. The van der Waals surface area contributed by atoms with Crippen molar-refractivity contribution in [3.63, 3.8) is 0 Å². The fraction of sp³-hybridized carbons (Fsp3) is 0.769. The van der Waals surface area contributed by atoms with Gasteiger partial charge in [0.25, 0.3) is 0 Å². The predicted molar refractivity (Wildman–Crippen MR) is 78.7 cm³/mol. The molecule has 110 valence electrons. The van der Waals surface area contributed by atoms with Crippen LogP contribution in [0.4, 0.5) is 0 Å². The molecule has 1 unspecified atom stereocenters. The van der Waals surface area contributed by atoms with E-state index in [-0.39, 0.29) is 6.04 Å². The summed E-state index contributed by atoms with van der Waals surface area (Å²) in [4.78, 5) is 2.15. The molecule has 0 aliphatic carbocycles. The molecule has 0 spiro atoms. The third-order valence-electron chi connectivity index (χ3n) is 2.86. The molecule has 1 aromatic rings. The van der Waals surface area contributed by atoms with Crippen LogP contribution in [0.15, 0.2) is 6.20 Å². The van der Waals surface area contributed by atoms with Crippen LogP contribution in [0.5, 0.6) is 0 Å². The van der Waals surface area contributed by atoms with E-state index in [1.54, 1.807) is 13.3 Å². The highest BCUT2D eigenvalue weighted by atomic mass is 35.5. The van der Waals surface area contributed by atoms with Crippen molar-refractivity contribution in [3.05, 3.63) is 16.9 Å². The van der Waals surface area contributed by atoms with Gasteiger partial charge in [-0.3, -0.25) is 4.68 Å². The highest BCUT2D eigenvalue weighted by molar-refractivity contribution is 6.31. The van der Waals surface area contributed by atoms with Crippen molar-refractivity contribution in [2.45, 2.75) is 25.9 Å². The second kappa shape index (κ2) is 8.53. The van der Waals surface area contributed by atoms with Crippen LogP contribution in [0.25, 0.3) is 0 Å². The molecule has 0 saturated heterocycles. The zero-order valence-corrected chi connectivity index (χ0v) is 13.1. The molecule has 19 heavy (non-hydrogen) atoms. The molecule has 0 fully saturated rings. The van der Waals surface area contributed by atoms with Crippen molar-refractivity contribution >= 4 is 11.6 Å². The summed E-state index contributed by atoms with van der Waals surface area (Å²) < 4.78 is 7.05. The first-order chi connectivity index (χ1) is 9.10. The Kier molecular flexibility index (Phi) is 7.38. The van der Waals surface area contributed by atoms with E-state index >= 15 is 0 Å². The second-order valence-corrected chi connectivity index (χ2v) is 5.27. The minimum atomic E-state index is 0.182. The van der Waals surface area contributed by atoms with E-state index in [9.17, 15) is 0 Å². The van der Waals surface area contributed by atoms with Gasteiger partial charge in [-0.05, 0) is 27.1 Å². The molecule has 0 bridgehead atoms. The molecule has 1 aromatic heterocycles. The molecule has 0 aliphatic heterocycles. The SMILES string of the molecule is CCCNC(CN(C)C)c1c(Cl)cnn1CCOC. The first-order valence-corrected chi connectivity index (χ1v) is 7.06. The van der Waals surface area contributed by atoms with Gasteiger partial charge in [-0.1, -0.05) is 18.5 Å². The van der Waals surface area contributed by atoms with E-state index in [1.165, 1.54) is 0 Å². The largest absolute Gasteiger partial charge is 0.383 e. The normalized spacial score (nSPS) is 13.2. The second-order valence-electron chi connectivity index (χ2n) is 4.86. The van der Waals surface area contributed by atoms with Crippen molar-refractivity contribution in [2.24, 2.45) is 0 Å². The summed E-state index contributed by atoms with van der Waals surface area (Å²) in [5.74, 6) is 0. The minimum Gasteiger partial charge on any atom is -0.383 e. The summed E-state index contributed by atoms with van der Waals surface area (Å²) in [7, 11) is 5.81. The van der Waals surface area contributed by atoms with Gasteiger partial charge in [0.1, 0.15) is 0 Å². The maximum absolute atomic E-state index is 6.30. The van der Waals surface area contributed by atoms with Crippen molar-refractivity contribution < 1.29 is 4.74 Å². The topological polar surface area (TPSA) is 42.3 Å². The lowest BCUT2D eigenvalue weighted by Gasteiger charge is -2.23. The van der Waals surface area contributed by atoms with Gasteiger partial charge in [0.2, 0.25) is 0 Å². The van der Waals surface area contributed by atoms with Gasteiger partial charge in [-0.25, -0.2) is 0 Å². The van der Waals surface area contributed by atoms with Crippen LogP contribution in [-0.4, -0.2) is 55.6 Å². The molecule has 1 rings (SSSR count). The average Bonchev–Trinajstić information content (AvgIpc) is 2.73. The number of aromatic nitrogens is 2. The third kappa shape index (κ3) is 5.10. The predicted octanol–water partition coefficient (Wildman–Crippen LogP) is 1.79.